The number of nitrogens with zero attached hydrogens (tertiary/aromatic N) is 2. The number of benzene rings is 3. The number of hydrogen-bond acceptors (Lipinski definition) is 7. The molecule has 1 atom stereocenters. The molecule has 0 aromatic heterocycles. The van der Waals surface area contributed by atoms with Gasteiger partial charge in [0, 0.05) is 23.8 Å². The van der Waals surface area contributed by atoms with E-state index in [1.807, 2.05) is 19.1 Å². The van der Waals surface area contributed by atoms with Gasteiger partial charge < -0.3 is 15.2 Å². The highest BCUT2D eigenvalue weighted by atomic mass is 16.6. The van der Waals surface area contributed by atoms with Gasteiger partial charge in [0.15, 0.2) is 0 Å². The van der Waals surface area contributed by atoms with Crippen LogP contribution in [0.2, 0.25) is 0 Å². The number of nitro benzene ring substituents is 1. The number of carbonyl (C=O) groups is 1. The second kappa shape index (κ2) is 8.24. The number of carbonyl (C=O) groups excluding carboxylic acids is 1. The Morgan fingerprint density at radius 2 is 1.81 bits per heavy atom. The van der Waals surface area contributed by atoms with Crippen molar-refractivity contribution in [2.75, 3.05) is 0 Å². The average Bonchev–Trinajstić information content (AvgIpc) is 2.78. The van der Waals surface area contributed by atoms with Gasteiger partial charge >= 0.3 is 5.97 Å². The zero-order valence-corrected chi connectivity index (χ0v) is 16.9. The molecule has 4 rings (SSSR count). The second-order valence-corrected chi connectivity index (χ2v) is 7.23. The summed E-state index contributed by atoms with van der Waals surface area (Å²) in [6, 6.07) is 19.8. The number of hydrogen-bond donors (Lipinski definition) is 1. The van der Waals surface area contributed by atoms with Crippen LogP contribution in [-0.2, 0) is 0 Å². The third-order valence-corrected chi connectivity index (χ3v) is 5.13. The Hall–Kier alpha value is -4.64. The van der Waals surface area contributed by atoms with Crippen LogP contribution in [-0.4, -0.2) is 10.9 Å². The summed E-state index contributed by atoms with van der Waals surface area (Å²) in [6.07, 6.45) is 0. The molecule has 32 heavy (non-hydrogen) atoms. The lowest BCUT2D eigenvalue weighted by Crippen LogP contribution is -2.21. The smallest absolute Gasteiger partial charge is 0.343 e. The van der Waals surface area contributed by atoms with Crippen molar-refractivity contribution in [3.8, 4) is 17.6 Å². The van der Waals surface area contributed by atoms with Crippen LogP contribution in [0.25, 0.3) is 0 Å². The van der Waals surface area contributed by atoms with Gasteiger partial charge in [-0.25, -0.2) is 4.79 Å². The zero-order valence-electron chi connectivity index (χ0n) is 16.9. The van der Waals surface area contributed by atoms with Crippen molar-refractivity contribution in [1.29, 1.82) is 5.26 Å². The number of nitriles is 1. The fourth-order valence-corrected chi connectivity index (χ4v) is 3.49. The van der Waals surface area contributed by atoms with E-state index in [2.05, 4.69) is 6.07 Å². The van der Waals surface area contributed by atoms with Gasteiger partial charge in [0.1, 0.15) is 23.1 Å². The number of ether oxygens (including phenoxy) is 2. The molecule has 8 heteroatoms. The van der Waals surface area contributed by atoms with Crippen LogP contribution < -0.4 is 15.2 Å². The fraction of sp³-hybridized carbons (Fsp3) is 0.0833. The van der Waals surface area contributed by atoms with Crippen molar-refractivity contribution in [2.45, 2.75) is 12.8 Å². The van der Waals surface area contributed by atoms with Gasteiger partial charge in [-0.15, -0.1) is 0 Å². The first-order valence-corrected chi connectivity index (χ1v) is 9.62. The molecule has 0 aliphatic carbocycles. The molecule has 0 spiro atoms. The van der Waals surface area contributed by atoms with Crippen molar-refractivity contribution in [2.24, 2.45) is 5.73 Å². The maximum atomic E-state index is 12.4. The maximum absolute atomic E-state index is 12.4. The van der Waals surface area contributed by atoms with E-state index in [1.54, 1.807) is 36.4 Å². The Kier molecular flexibility index (Phi) is 5.31. The number of esters is 1. The van der Waals surface area contributed by atoms with Gasteiger partial charge in [-0.3, -0.25) is 10.1 Å². The third-order valence-electron chi connectivity index (χ3n) is 5.13. The molecule has 0 bridgehead atoms. The highest BCUT2D eigenvalue weighted by Gasteiger charge is 2.31. The lowest BCUT2D eigenvalue weighted by atomic mass is 9.83. The van der Waals surface area contributed by atoms with E-state index in [1.165, 1.54) is 18.2 Å². The molecule has 0 saturated heterocycles. The molecule has 1 unspecified atom stereocenters. The molecule has 1 heterocycles. The predicted molar refractivity (Wildman–Crippen MR) is 115 cm³/mol. The van der Waals surface area contributed by atoms with Crippen LogP contribution in [0.1, 0.15) is 33.0 Å². The summed E-state index contributed by atoms with van der Waals surface area (Å²) in [5.74, 6) is -0.588. The molecule has 3 aromatic rings. The summed E-state index contributed by atoms with van der Waals surface area (Å²) in [5, 5.41) is 20.6. The lowest BCUT2D eigenvalue weighted by molar-refractivity contribution is -0.384. The second-order valence-electron chi connectivity index (χ2n) is 7.23. The Balaban J connectivity index is 1.68. The van der Waals surface area contributed by atoms with Gasteiger partial charge in [-0.05, 0) is 30.7 Å². The van der Waals surface area contributed by atoms with Gasteiger partial charge in [0.25, 0.3) is 5.69 Å². The largest absolute Gasteiger partial charge is 0.440 e. The summed E-state index contributed by atoms with van der Waals surface area (Å²) >= 11 is 0. The summed E-state index contributed by atoms with van der Waals surface area (Å²) in [6.45, 7) is 1.92. The Bertz CT molecular complexity index is 1290. The van der Waals surface area contributed by atoms with E-state index in [0.717, 1.165) is 5.56 Å². The number of aryl methyl sites for hydroxylation is 1. The molecule has 0 radical (unpaired) electrons. The predicted octanol–water partition coefficient (Wildman–Crippen LogP) is 4.34. The van der Waals surface area contributed by atoms with Crippen LogP contribution in [0.5, 0.6) is 11.5 Å². The molecule has 0 fully saturated rings. The summed E-state index contributed by atoms with van der Waals surface area (Å²) in [7, 11) is 0. The number of rotatable bonds is 4. The molecule has 3 aromatic carbocycles. The number of fused-ring (bicyclic) bond motifs is 1. The van der Waals surface area contributed by atoms with Crippen molar-refractivity contribution in [3.63, 3.8) is 0 Å². The van der Waals surface area contributed by atoms with Crippen molar-refractivity contribution >= 4 is 11.7 Å². The first-order chi connectivity index (χ1) is 15.4. The van der Waals surface area contributed by atoms with Crippen LogP contribution in [0.15, 0.2) is 78.2 Å². The summed E-state index contributed by atoms with van der Waals surface area (Å²) in [5.41, 5.74) is 8.81. The SMILES string of the molecule is Cc1ccc(C(=O)Oc2ccc3c(c2)OC(N)=C(C#N)C3c2ccc([N+](=O)[O-])cc2)cc1. The van der Waals surface area contributed by atoms with Crippen molar-refractivity contribution < 1.29 is 19.2 Å². The molecule has 2 N–H and O–H groups in total. The Labute approximate surface area is 183 Å². The van der Waals surface area contributed by atoms with E-state index in [-0.39, 0.29) is 22.9 Å². The minimum absolute atomic E-state index is 0.0603. The quantitative estimate of drug-likeness (QED) is 0.284. The van der Waals surface area contributed by atoms with Crippen molar-refractivity contribution in [1.82, 2.24) is 0 Å². The van der Waals surface area contributed by atoms with E-state index in [9.17, 15) is 20.2 Å². The van der Waals surface area contributed by atoms with Crippen LogP contribution in [0.3, 0.4) is 0 Å². The number of allylic oxidation sites excluding steroid dienone is 1. The molecular formula is C24H17N3O5. The third kappa shape index (κ3) is 3.87. The minimum atomic E-state index is -0.577. The average molecular weight is 427 g/mol. The van der Waals surface area contributed by atoms with E-state index < -0.39 is 16.8 Å². The zero-order chi connectivity index (χ0) is 22.8. The number of nitro groups is 1. The van der Waals surface area contributed by atoms with Crippen molar-refractivity contribution in [3.05, 3.63) is 111 Å². The highest BCUT2D eigenvalue weighted by molar-refractivity contribution is 5.91. The molecule has 1 aliphatic rings. The highest BCUT2D eigenvalue weighted by Crippen LogP contribution is 2.43. The van der Waals surface area contributed by atoms with Gasteiger partial charge in [0.05, 0.1) is 16.4 Å². The molecule has 0 saturated carbocycles. The number of nitrogens with two attached hydrogens (primary N) is 1. The standard InChI is InChI=1S/C24H17N3O5/c1-14-2-4-16(5-3-14)24(28)31-18-10-11-19-21(12-18)32-23(26)20(13-25)22(19)15-6-8-17(9-7-15)27(29)30/h2-12,22H,26H2,1H3. The Morgan fingerprint density at radius 3 is 2.44 bits per heavy atom. The fourth-order valence-electron chi connectivity index (χ4n) is 3.49. The Morgan fingerprint density at radius 1 is 1.12 bits per heavy atom. The van der Waals surface area contributed by atoms with Crippen LogP contribution in [0.4, 0.5) is 5.69 Å². The lowest BCUT2D eigenvalue weighted by Gasteiger charge is -2.26. The molecule has 8 nitrogen and oxygen atoms in total. The van der Waals surface area contributed by atoms with Crippen LogP contribution >= 0.6 is 0 Å². The van der Waals surface area contributed by atoms with E-state index in [0.29, 0.717) is 22.4 Å². The first-order valence-electron chi connectivity index (χ1n) is 9.62. The van der Waals surface area contributed by atoms with E-state index >= 15 is 0 Å². The van der Waals surface area contributed by atoms with E-state index in [4.69, 9.17) is 15.2 Å². The summed E-state index contributed by atoms with van der Waals surface area (Å²) in [4.78, 5) is 22.9. The maximum Gasteiger partial charge on any atom is 0.343 e. The van der Waals surface area contributed by atoms with Crippen LogP contribution in [0, 0.1) is 28.4 Å². The summed E-state index contributed by atoms with van der Waals surface area (Å²) < 4.78 is 11.1. The number of non-ortho nitro benzene ring substituents is 1. The minimum Gasteiger partial charge on any atom is -0.440 e. The molecule has 1 aliphatic heterocycles. The molecule has 0 amide bonds. The monoisotopic (exact) mass is 427 g/mol. The van der Waals surface area contributed by atoms with Gasteiger partial charge in [-0.1, -0.05) is 35.9 Å². The topological polar surface area (TPSA) is 128 Å². The van der Waals surface area contributed by atoms with Gasteiger partial charge in [0.2, 0.25) is 5.88 Å². The normalized spacial score (nSPS) is 14.7. The van der Waals surface area contributed by atoms with Gasteiger partial charge in [-0.2, -0.15) is 5.26 Å². The molecule has 158 valence electrons. The molecular weight excluding hydrogens is 410 g/mol. The first kappa shape index (κ1) is 20.6.